The molecule has 86 valence electrons. The summed E-state index contributed by atoms with van der Waals surface area (Å²) in [7, 11) is 0. The molecule has 0 spiro atoms. The number of benzene rings is 1. The van der Waals surface area contributed by atoms with Crippen LogP contribution in [0, 0.1) is 18.8 Å². The van der Waals surface area contributed by atoms with Gasteiger partial charge in [0.2, 0.25) is 0 Å². The molecule has 1 aliphatic carbocycles. The summed E-state index contributed by atoms with van der Waals surface area (Å²) in [5, 5.41) is 3.57. The van der Waals surface area contributed by atoms with E-state index in [1.807, 2.05) is 0 Å². The van der Waals surface area contributed by atoms with Gasteiger partial charge in [-0.2, -0.15) is 0 Å². The van der Waals surface area contributed by atoms with Crippen LogP contribution in [0.4, 0.5) is 0 Å². The molecule has 1 heterocycles. The molecule has 1 N–H and O–H groups in total. The van der Waals surface area contributed by atoms with E-state index in [4.69, 9.17) is 0 Å². The maximum Gasteiger partial charge on any atom is 0.00229 e. The maximum absolute atomic E-state index is 3.57. The molecule has 1 nitrogen and oxygen atoms in total. The van der Waals surface area contributed by atoms with Crippen LogP contribution < -0.4 is 5.32 Å². The molecular weight excluding hydrogens is 194 g/mol. The summed E-state index contributed by atoms with van der Waals surface area (Å²) < 4.78 is 0. The Balaban J connectivity index is 1.85. The predicted molar refractivity (Wildman–Crippen MR) is 67.6 cm³/mol. The second-order valence-corrected chi connectivity index (χ2v) is 5.51. The van der Waals surface area contributed by atoms with Gasteiger partial charge in [0, 0.05) is 6.54 Å². The van der Waals surface area contributed by atoms with Crippen molar-refractivity contribution in [1.29, 1.82) is 0 Å². The minimum atomic E-state index is 0.765. The van der Waals surface area contributed by atoms with Gasteiger partial charge in [-0.15, -0.1) is 0 Å². The summed E-state index contributed by atoms with van der Waals surface area (Å²) in [5.74, 6) is 2.75. The van der Waals surface area contributed by atoms with Crippen LogP contribution in [-0.2, 0) is 0 Å². The quantitative estimate of drug-likeness (QED) is 0.799. The Hall–Kier alpha value is -0.820. The first-order chi connectivity index (χ1) is 7.84. The number of hydrogen-bond donors (Lipinski definition) is 1. The van der Waals surface area contributed by atoms with Crippen LogP contribution in [0.5, 0.6) is 0 Å². The van der Waals surface area contributed by atoms with Crippen LogP contribution in [-0.4, -0.2) is 13.1 Å². The first kappa shape index (κ1) is 10.3. The van der Waals surface area contributed by atoms with Crippen LogP contribution >= 0.6 is 0 Å². The molecule has 1 heteroatoms. The van der Waals surface area contributed by atoms with Crippen LogP contribution in [0.3, 0.4) is 0 Å². The van der Waals surface area contributed by atoms with Gasteiger partial charge in [0.15, 0.2) is 0 Å². The Morgan fingerprint density at radius 2 is 2.06 bits per heavy atom. The fraction of sp³-hybridized carbons (Fsp3) is 0.600. The monoisotopic (exact) mass is 215 g/mol. The first-order valence-corrected chi connectivity index (χ1v) is 6.62. The number of hydrogen-bond acceptors (Lipinski definition) is 1. The molecule has 0 radical (unpaired) electrons. The fourth-order valence-corrected chi connectivity index (χ4v) is 3.23. The van der Waals surface area contributed by atoms with Gasteiger partial charge in [0.05, 0.1) is 0 Å². The number of aryl methyl sites for hydroxylation is 1. The summed E-state index contributed by atoms with van der Waals surface area (Å²) in [4.78, 5) is 0. The van der Waals surface area contributed by atoms with Gasteiger partial charge < -0.3 is 5.32 Å². The minimum absolute atomic E-state index is 0.765. The molecule has 2 fully saturated rings. The smallest absolute Gasteiger partial charge is 0.00229 e. The van der Waals surface area contributed by atoms with Gasteiger partial charge in [-0.05, 0) is 56.0 Å². The number of nitrogens with one attached hydrogen (secondary N) is 1. The second kappa shape index (κ2) is 4.21. The molecule has 0 aromatic heterocycles. The second-order valence-electron chi connectivity index (χ2n) is 5.51. The summed E-state index contributed by atoms with van der Waals surface area (Å²) in [6.07, 6.45) is 4.34. The highest BCUT2D eigenvalue weighted by molar-refractivity contribution is 5.27. The predicted octanol–water partition coefficient (Wildman–Crippen LogP) is 3.10. The summed E-state index contributed by atoms with van der Waals surface area (Å²) in [6, 6.07) is 9.11. The van der Waals surface area contributed by atoms with Gasteiger partial charge in [-0.25, -0.2) is 0 Å². The lowest BCUT2D eigenvalue weighted by Crippen LogP contribution is -2.36. The van der Waals surface area contributed by atoms with Gasteiger partial charge in [-0.1, -0.05) is 29.8 Å². The van der Waals surface area contributed by atoms with E-state index >= 15 is 0 Å². The molecule has 0 amide bonds. The standard InChI is InChI=1S/C15H21N/c1-11-3-2-4-13(9-11)15-10-16-8-7-14(15)12-5-6-12/h2-4,9,12,14-16H,5-8,10H2,1H3. The summed E-state index contributed by atoms with van der Waals surface area (Å²) >= 11 is 0. The third kappa shape index (κ3) is 2.01. The van der Waals surface area contributed by atoms with E-state index in [2.05, 4.69) is 36.5 Å². The summed E-state index contributed by atoms with van der Waals surface area (Å²) in [6.45, 7) is 4.61. The van der Waals surface area contributed by atoms with Crippen molar-refractivity contribution in [2.45, 2.75) is 32.1 Å². The van der Waals surface area contributed by atoms with Crippen molar-refractivity contribution >= 4 is 0 Å². The van der Waals surface area contributed by atoms with Crippen molar-refractivity contribution in [2.24, 2.45) is 11.8 Å². The molecule has 3 rings (SSSR count). The van der Waals surface area contributed by atoms with Crippen molar-refractivity contribution in [3.05, 3.63) is 35.4 Å². The van der Waals surface area contributed by atoms with E-state index in [1.165, 1.54) is 37.9 Å². The molecule has 1 saturated carbocycles. The minimum Gasteiger partial charge on any atom is -0.316 e. The third-order valence-electron chi connectivity index (χ3n) is 4.23. The molecular formula is C15H21N. The van der Waals surface area contributed by atoms with Crippen LogP contribution in [0.1, 0.15) is 36.3 Å². The van der Waals surface area contributed by atoms with E-state index in [0.717, 1.165) is 17.8 Å². The fourth-order valence-electron chi connectivity index (χ4n) is 3.23. The Kier molecular flexibility index (Phi) is 2.72. The largest absolute Gasteiger partial charge is 0.316 e. The third-order valence-corrected chi connectivity index (χ3v) is 4.23. The SMILES string of the molecule is Cc1cccc(C2CNCCC2C2CC2)c1. The Labute approximate surface area is 98.3 Å². The van der Waals surface area contributed by atoms with Crippen LogP contribution in [0.2, 0.25) is 0 Å². The normalized spacial score (nSPS) is 30.3. The molecule has 1 aliphatic heterocycles. The zero-order chi connectivity index (χ0) is 11.0. The van der Waals surface area contributed by atoms with Crippen molar-refractivity contribution in [3.8, 4) is 0 Å². The molecule has 16 heavy (non-hydrogen) atoms. The average Bonchev–Trinajstić information content (AvgIpc) is 3.13. The Bertz CT molecular complexity index is 367. The molecule has 2 aliphatic rings. The van der Waals surface area contributed by atoms with Gasteiger partial charge in [0.1, 0.15) is 0 Å². The van der Waals surface area contributed by atoms with Crippen LogP contribution in [0.25, 0.3) is 0 Å². The van der Waals surface area contributed by atoms with E-state index in [9.17, 15) is 0 Å². The molecule has 1 aromatic carbocycles. The summed E-state index contributed by atoms with van der Waals surface area (Å²) in [5.41, 5.74) is 2.96. The first-order valence-electron chi connectivity index (χ1n) is 6.62. The highest BCUT2D eigenvalue weighted by Gasteiger charge is 2.38. The van der Waals surface area contributed by atoms with Crippen LogP contribution in [0.15, 0.2) is 24.3 Å². The zero-order valence-corrected chi connectivity index (χ0v) is 10.1. The van der Waals surface area contributed by atoms with Gasteiger partial charge in [-0.3, -0.25) is 0 Å². The lowest BCUT2D eigenvalue weighted by molar-refractivity contribution is 0.290. The van der Waals surface area contributed by atoms with Crippen molar-refractivity contribution in [1.82, 2.24) is 5.32 Å². The molecule has 2 unspecified atom stereocenters. The van der Waals surface area contributed by atoms with Crippen molar-refractivity contribution in [2.75, 3.05) is 13.1 Å². The molecule has 0 bridgehead atoms. The maximum atomic E-state index is 3.57. The Morgan fingerprint density at radius 3 is 2.81 bits per heavy atom. The van der Waals surface area contributed by atoms with E-state index < -0.39 is 0 Å². The van der Waals surface area contributed by atoms with Gasteiger partial charge in [0.25, 0.3) is 0 Å². The topological polar surface area (TPSA) is 12.0 Å². The van der Waals surface area contributed by atoms with E-state index in [0.29, 0.717) is 0 Å². The lowest BCUT2D eigenvalue weighted by Gasteiger charge is -2.33. The molecule has 1 saturated heterocycles. The molecule has 2 atom stereocenters. The average molecular weight is 215 g/mol. The lowest BCUT2D eigenvalue weighted by atomic mass is 9.78. The highest BCUT2D eigenvalue weighted by Crippen LogP contribution is 2.46. The van der Waals surface area contributed by atoms with E-state index in [-0.39, 0.29) is 0 Å². The van der Waals surface area contributed by atoms with Crippen molar-refractivity contribution in [3.63, 3.8) is 0 Å². The Morgan fingerprint density at radius 1 is 1.19 bits per heavy atom. The van der Waals surface area contributed by atoms with Gasteiger partial charge >= 0.3 is 0 Å². The molecule has 1 aromatic rings. The zero-order valence-electron chi connectivity index (χ0n) is 10.1. The number of piperidine rings is 1. The van der Waals surface area contributed by atoms with E-state index in [1.54, 1.807) is 5.56 Å². The number of rotatable bonds is 2. The van der Waals surface area contributed by atoms with Crippen molar-refractivity contribution < 1.29 is 0 Å². The highest BCUT2D eigenvalue weighted by atomic mass is 14.9.